The lowest BCUT2D eigenvalue weighted by atomic mass is 9.88. The largest absolute Gasteiger partial charge is 0.493 e. The average Bonchev–Trinajstić information content (AvgIpc) is 2.73. The first-order valence-corrected chi connectivity index (χ1v) is 9.18. The number of ether oxygens (including phenoxy) is 1. The molecule has 1 aromatic carbocycles. The van der Waals surface area contributed by atoms with E-state index in [2.05, 4.69) is 9.97 Å². The van der Waals surface area contributed by atoms with E-state index in [9.17, 15) is 14.7 Å². The molecule has 0 amide bonds. The highest BCUT2D eigenvalue weighted by molar-refractivity contribution is 6.30. The van der Waals surface area contributed by atoms with Gasteiger partial charge in [0.15, 0.2) is 0 Å². The van der Waals surface area contributed by atoms with Crippen molar-refractivity contribution in [1.82, 2.24) is 14.4 Å². The fourth-order valence-electron chi connectivity index (χ4n) is 3.37. The fraction of sp³-hybridized carbons (Fsp3) is 0.143. The third kappa shape index (κ3) is 3.52. The SMILES string of the molecule is COC(=O)C[C@@H](c1ccc2ncccc2c1)c1c(O)nc2ccc(Cl)cn2c1=O. The van der Waals surface area contributed by atoms with Crippen LogP contribution in [0.15, 0.2) is 59.7 Å². The summed E-state index contributed by atoms with van der Waals surface area (Å²) >= 11 is 6.02. The second kappa shape index (κ2) is 7.52. The van der Waals surface area contributed by atoms with Gasteiger partial charge in [0, 0.05) is 23.7 Å². The Labute approximate surface area is 170 Å². The van der Waals surface area contributed by atoms with Crippen LogP contribution in [0.25, 0.3) is 16.6 Å². The third-order valence-electron chi connectivity index (χ3n) is 4.78. The van der Waals surface area contributed by atoms with E-state index in [1.807, 2.05) is 12.1 Å². The summed E-state index contributed by atoms with van der Waals surface area (Å²) < 4.78 is 6.07. The highest BCUT2D eigenvalue weighted by Gasteiger charge is 2.27. The quantitative estimate of drug-likeness (QED) is 0.520. The van der Waals surface area contributed by atoms with Gasteiger partial charge in [-0.3, -0.25) is 19.0 Å². The summed E-state index contributed by atoms with van der Waals surface area (Å²) in [6.07, 6.45) is 2.97. The second-order valence-corrected chi connectivity index (χ2v) is 6.95. The average molecular weight is 410 g/mol. The molecule has 7 nitrogen and oxygen atoms in total. The Kier molecular flexibility index (Phi) is 4.90. The van der Waals surface area contributed by atoms with Crippen LogP contribution < -0.4 is 5.56 Å². The van der Waals surface area contributed by atoms with Gasteiger partial charge in [0.1, 0.15) is 5.65 Å². The molecule has 4 aromatic rings. The predicted octanol–water partition coefficient (Wildman–Crippen LogP) is 3.30. The minimum Gasteiger partial charge on any atom is -0.493 e. The Balaban J connectivity index is 1.96. The van der Waals surface area contributed by atoms with Crippen LogP contribution in [0.4, 0.5) is 0 Å². The summed E-state index contributed by atoms with van der Waals surface area (Å²) in [6.45, 7) is 0. The van der Waals surface area contributed by atoms with Crippen LogP contribution in [-0.4, -0.2) is 32.6 Å². The molecule has 0 saturated heterocycles. The molecule has 3 aromatic heterocycles. The standard InChI is InChI=1S/C21H16ClN3O4/c1-29-18(26)10-15(12-4-6-16-13(9-12)3-2-8-23-16)19-20(27)24-17-7-5-14(22)11-25(17)21(19)28/h2-9,11,15,27H,10H2,1H3/t15-/m0/s1. The third-order valence-corrected chi connectivity index (χ3v) is 5.00. The van der Waals surface area contributed by atoms with E-state index in [-0.39, 0.29) is 17.6 Å². The van der Waals surface area contributed by atoms with Gasteiger partial charge in [-0.15, -0.1) is 0 Å². The van der Waals surface area contributed by atoms with Gasteiger partial charge < -0.3 is 9.84 Å². The molecule has 1 N–H and O–H groups in total. The number of hydrogen-bond acceptors (Lipinski definition) is 6. The summed E-state index contributed by atoms with van der Waals surface area (Å²) in [4.78, 5) is 33.7. The van der Waals surface area contributed by atoms with Gasteiger partial charge in [-0.2, -0.15) is 4.98 Å². The number of hydrogen-bond donors (Lipinski definition) is 1. The zero-order chi connectivity index (χ0) is 20.5. The molecule has 0 saturated carbocycles. The van der Waals surface area contributed by atoms with Crippen LogP contribution in [0.2, 0.25) is 5.02 Å². The van der Waals surface area contributed by atoms with E-state index < -0.39 is 23.3 Å². The molecule has 1 atom stereocenters. The Morgan fingerprint density at radius 2 is 2.10 bits per heavy atom. The number of carbonyl (C=O) groups is 1. The molecule has 29 heavy (non-hydrogen) atoms. The summed E-state index contributed by atoms with van der Waals surface area (Å²) in [5.41, 5.74) is 1.18. The molecule has 0 aliphatic heterocycles. The van der Waals surface area contributed by atoms with Crippen LogP contribution in [0.1, 0.15) is 23.5 Å². The first-order valence-electron chi connectivity index (χ1n) is 8.80. The van der Waals surface area contributed by atoms with Crippen molar-refractivity contribution in [2.45, 2.75) is 12.3 Å². The van der Waals surface area contributed by atoms with Crippen LogP contribution in [0.5, 0.6) is 5.88 Å². The van der Waals surface area contributed by atoms with Gasteiger partial charge in [-0.1, -0.05) is 23.7 Å². The predicted molar refractivity (Wildman–Crippen MR) is 108 cm³/mol. The number of nitrogens with zero attached hydrogens (tertiary/aromatic N) is 3. The lowest BCUT2D eigenvalue weighted by Gasteiger charge is -2.18. The van der Waals surface area contributed by atoms with Gasteiger partial charge in [0.25, 0.3) is 5.56 Å². The van der Waals surface area contributed by atoms with Crippen molar-refractivity contribution >= 4 is 34.1 Å². The number of rotatable bonds is 4. The van der Waals surface area contributed by atoms with Gasteiger partial charge >= 0.3 is 5.97 Å². The molecular weight excluding hydrogens is 394 g/mol. The highest BCUT2D eigenvalue weighted by atomic mass is 35.5. The molecular formula is C21H16ClN3O4. The van der Waals surface area contributed by atoms with Crippen molar-refractivity contribution in [2.75, 3.05) is 7.11 Å². The number of fused-ring (bicyclic) bond motifs is 2. The first-order chi connectivity index (χ1) is 14.0. The number of aromatic hydroxyl groups is 1. The van der Waals surface area contributed by atoms with Crippen molar-refractivity contribution in [1.29, 1.82) is 0 Å². The van der Waals surface area contributed by atoms with E-state index in [0.717, 1.165) is 10.9 Å². The van der Waals surface area contributed by atoms with Crippen molar-refractivity contribution in [3.8, 4) is 5.88 Å². The molecule has 0 fully saturated rings. The number of benzene rings is 1. The minimum atomic E-state index is -0.761. The minimum absolute atomic E-state index is 0.00148. The molecule has 0 radical (unpaired) electrons. The summed E-state index contributed by atoms with van der Waals surface area (Å²) in [5, 5.41) is 11.8. The lowest BCUT2D eigenvalue weighted by Crippen LogP contribution is -2.24. The monoisotopic (exact) mass is 409 g/mol. The molecule has 4 rings (SSSR count). The van der Waals surface area contributed by atoms with Crippen LogP contribution in [0, 0.1) is 0 Å². The summed E-state index contributed by atoms with van der Waals surface area (Å²) in [6, 6.07) is 12.2. The maximum absolute atomic E-state index is 13.2. The van der Waals surface area contributed by atoms with Crippen LogP contribution in [0.3, 0.4) is 0 Å². The van der Waals surface area contributed by atoms with Gasteiger partial charge in [-0.25, -0.2) is 0 Å². The highest BCUT2D eigenvalue weighted by Crippen LogP contribution is 2.32. The number of aromatic nitrogens is 3. The van der Waals surface area contributed by atoms with Gasteiger partial charge in [-0.05, 0) is 35.9 Å². The number of esters is 1. The Morgan fingerprint density at radius 1 is 1.28 bits per heavy atom. The molecule has 0 bridgehead atoms. The molecule has 3 heterocycles. The summed E-state index contributed by atoms with van der Waals surface area (Å²) in [7, 11) is 1.27. The summed E-state index contributed by atoms with van der Waals surface area (Å²) in [5.74, 6) is -1.71. The number of carbonyl (C=O) groups excluding carboxylic acids is 1. The smallest absolute Gasteiger partial charge is 0.306 e. The number of pyridine rings is 2. The van der Waals surface area contributed by atoms with E-state index in [0.29, 0.717) is 10.6 Å². The normalized spacial score (nSPS) is 12.2. The van der Waals surface area contributed by atoms with Gasteiger partial charge in [0.2, 0.25) is 5.88 Å². The number of methoxy groups -OCH3 is 1. The topological polar surface area (TPSA) is 93.8 Å². The van der Waals surface area contributed by atoms with Crippen molar-refractivity contribution < 1.29 is 14.6 Å². The number of halogens is 1. The van der Waals surface area contributed by atoms with Crippen LogP contribution in [-0.2, 0) is 9.53 Å². The van der Waals surface area contributed by atoms with Crippen molar-refractivity contribution in [3.05, 3.63) is 81.4 Å². The van der Waals surface area contributed by atoms with Gasteiger partial charge in [0.05, 0.1) is 29.6 Å². The van der Waals surface area contributed by atoms with E-state index >= 15 is 0 Å². The molecule has 0 unspecified atom stereocenters. The van der Waals surface area contributed by atoms with E-state index in [1.165, 1.54) is 23.8 Å². The maximum atomic E-state index is 13.2. The van der Waals surface area contributed by atoms with E-state index in [4.69, 9.17) is 16.3 Å². The lowest BCUT2D eigenvalue weighted by molar-refractivity contribution is -0.140. The molecule has 146 valence electrons. The fourth-order valence-corrected chi connectivity index (χ4v) is 3.53. The van der Waals surface area contributed by atoms with Crippen molar-refractivity contribution in [2.24, 2.45) is 0 Å². The van der Waals surface area contributed by atoms with E-state index in [1.54, 1.807) is 30.5 Å². The van der Waals surface area contributed by atoms with Crippen molar-refractivity contribution in [3.63, 3.8) is 0 Å². The Morgan fingerprint density at radius 3 is 2.90 bits per heavy atom. The molecule has 0 aliphatic rings. The Hall–Kier alpha value is -3.45. The zero-order valence-corrected chi connectivity index (χ0v) is 16.1. The maximum Gasteiger partial charge on any atom is 0.306 e. The zero-order valence-electron chi connectivity index (χ0n) is 15.4. The molecule has 0 aliphatic carbocycles. The molecule has 8 heteroatoms. The first kappa shape index (κ1) is 18.9. The Bertz CT molecular complexity index is 1300. The van der Waals surface area contributed by atoms with Crippen LogP contribution >= 0.6 is 11.6 Å². The molecule has 0 spiro atoms. The second-order valence-electron chi connectivity index (χ2n) is 6.52.